The van der Waals surface area contributed by atoms with Gasteiger partial charge >= 0.3 is 0 Å². The van der Waals surface area contributed by atoms with Crippen LogP contribution in [-0.4, -0.2) is 35.4 Å². The number of hydrazine groups is 1. The zero-order chi connectivity index (χ0) is 19.3. The Morgan fingerprint density at radius 1 is 1.27 bits per heavy atom. The number of benzene rings is 1. The molecule has 1 aliphatic heterocycles. The second-order valence-corrected chi connectivity index (χ2v) is 7.65. The van der Waals surface area contributed by atoms with E-state index in [0.717, 1.165) is 30.6 Å². The SMILES string of the molecule is CC(C)c1cc(C(=O)NNC(=S)NC[C@@H]2CCCO2)c(O)c(C(C)C)c1. The van der Waals surface area contributed by atoms with Gasteiger partial charge in [0.15, 0.2) is 5.11 Å². The zero-order valence-corrected chi connectivity index (χ0v) is 16.7. The van der Waals surface area contributed by atoms with Crippen LogP contribution in [0.3, 0.4) is 0 Å². The Morgan fingerprint density at radius 3 is 2.58 bits per heavy atom. The lowest BCUT2D eigenvalue weighted by Crippen LogP contribution is -2.48. The molecule has 1 heterocycles. The van der Waals surface area contributed by atoms with Crippen molar-refractivity contribution >= 4 is 23.2 Å². The molecule has 0 spiro atoms. The highest BCUT2D eigenvalue weighted by Crippen LogP contribution is 2.32. The van der Waals surface area contributed by atoms with Crippen LogP contribution in [0.25, 0.3) is 0 Å². The Labute approximate surface area is 160 Å². The minimum Gasteiger partial charge on any atom is -0.507 e. The fourth-order valence-electron chi connectivity index (χ4n) is 2.86. The van der Waals surface area contributed by atoms with Crippen LogP contribution in [0.1, 0.15) is 73.9 Å². The third kappa shape index (κ3) is 5.32. The van der Waals surface area contributed by atoms with E-state index >= 15 is 0 Å². The number of aromatic hydroxyl groups is 1. The molecule has 0 saturated carbocycles. The third-order valence-electron chi connectivity index (χ3n) is 4.50. The van der Waals surface area contributed by atoms with Crippen LogP contribution >= 0.6 is 12.2 Å². The number of ether oxygens (including phenoxy) is 1. The molecule has 6 nitrogen and oxygen atoms in total. The summed E-state index contributed by atoms with van der Waals surface area (Å²) in [6.45, 7) is 9.48. The minimum absolute atomic E-state index is 0.0157. The molecule has 4 N–H and O–H groups in total. The van der Waals surface area contributed by atoms with Crippen molar-refractivity contribution in [2.75, 3.05) is 13.2 Å². The molecule has 1 saturated heterocycles. The largest absolute Gasteiger partial charge is 0.507 e. The topological polar surface area (TPSA) is 82.6 Å². The van der Waals surface area contributed by atoms with Crippen molar-refractivity contribution in [2.24, 2.45) is 0 Å². The summed E-state index contributed by atoms with van der Waals surface area (Å²) in [6, 6.07) is 3.69. The number of thiocarbonyl (C=S) groups is 1. The van der Waals surface area contributed by atoms with Gasteiger partial charge in [0.2, 0.25) is 0 Å². The molecule has 1 fully saturated rings. The number of phenolic OH excluding ortho intramolecular Hbond substituents is 1. The van der Waals surface area contributed by atoms with Gasteiger partial charge in [0, 0.05) is 13.2 Å². The molecule has 1 aromatic carbocycles. The summed E-state index contributed by atoms with van der Waals surface area (Å²) in [6.07, 6.45) is 2.23. The number of phenols is 1. The number of carbonyl (C=O) groups excluding carboxylic acids is 1. The summed E-state index contributed by atoms with van der Waals surface area (Å²) < 4.78 is 5.51. The zero-order valence-electron chi connectivity index (χ0n) is 15.9. The third-order valence-corrected chi connectivity index (χ3v) is 4.75. The minimum atomic E-state index is -0.423. The van der Waals surface area contributed by atoms with E-state index < -0.39 is 5.91 Å². The van der Waals surface area contributed by atoms with Crippen molar-refractivity contribution in [1.29, 1.82) is 0 Å². The van der Waals surface area contributed by atoms with E-state index in [1.54, 1.807) is 6.07 Å². The Hall–Kier alpha value is -1.86. The van der Waals surface area contributed by atoms with Crippen molar-refractivity contribution in [2.45, 2.75) is 58.5 Å². The van der Waals surface area contributed by atoms with Crippen molar-refractivity contribution in [3.8, 4) is 5.75 Å². The maximum Gasteiger partial charge on any atom is 0.273 e. The molecule has 0 unspecified atom stereocenters. The van der Waals surface area contributed by atoms with E-state index in [4.69, 9.17) is 17.0 Å². The van der Waals surface area contributed by atoms with E-state index in [1.807, 2.05) is 19.9 Å². The average Bonchev–Trinajstić information content (AvgIpc) is 3.11. The van der Waals surface area contributed by atoms with Gasteiger partial charge in [-0.1, -0.05) is 33.8 Å². The molecule has 7 heteroatoms. The average molecular weight is 380 g/mol. The quantitative estimate of drug-likeness (QED) is 0.465. The lowest BCUT2D eigenvalue weighted by molar-refractivity contribution is 0.0940. The molecule has 0 aromatic heterocycles. The van der Waals surface area contributed by atoms with Crippen molar-refractivity contribution in [3.05, 3.63) is 28.8 Å². The molecule has 144 valence electrons. The first kappa shape index (κ1) is 20.5. The van der Waals surface area contributed by atoms with Crippen molar-refractivity contribution < 1.29 is 14.6 Å². The monoisotopic (exact) mass is 379 g/mol. The van der Waals surface area contributed by atoms with Crippen LogP contribution in [0.15, 0.2) is 12.1 Å². The van der Waals surface area contributed by atoms with Crippen LogP contribution in [0, 0.1) is 0 Å². The summed E-state index contributed by atoms with van der Waals surface area (Å²) in [4.78, 5) is 12.5. The first-order chi connectivity index (χ1) is 12.3. The highest BCUT2D eigenvalue weighted by atomic mass is 32.1. The molecular formula is C19H29N3O3S. The standard InChI is InChI=1S/C19H29N3O3S/c1-11(2)13-8-15(12(3)4)17(23)16(9-13)18(24)21-22-19(26)20-10-14-6-5-7-25-14/h8-9,11-12,14,23H,5-7,10H2,1-4H3,(H,21,24)(H2,20,22,26)/t14-/m0/s1. The number of rotatable bonds is 5. The van der Waals surface area contributed by atoms with Crippen LogP contribution in [-0.2, 0) is 4.74 Å². The molecule has 2 rings (SSSR count). The van der Waals surface area contributed by atoms with Gasteiger partial charge in [-0.25, -0.2) is 0 Å². The summed E-state index contributed by atoms with van der Waals surface area (Å²) >= 11 is 5.17. The molecule has 1 atom stereocenters. The lowest BCUT2D eigenvalue weighted by atomic mass is 9.92. The van der Waals surface area contributed by atoms with E-state index in [9.17, 15) is 9.90 Å². The number of amides is 1. The Bertz CT molecular complexity index is 656. The van der Waals surface area contributed by atoms with Gasteiger partial charge in [-0.3, -0.25) is 15.6 Å². The van der Waals surface area contributed by atoms with Gasteiger partial charge in [0.05, 0.1) is 11.7 Å². The van der Waals surface area contributed by atoms with Crippen LogP contribution in [0.4, 0.5) is 0 Å². The fourth-order valence-corrected chi connectivity index (χ4v) is 3.00. The Morgan fingerprint density at radius 2 is 2.00 bits per heavy atom. The number of carbonyl (C=O) groups is 1. The number of hydrogen-bond donors (Lipinski definition) is 4. The van der Waals surface area contributed by atoms with E-state index in [0.29, 0.717) is 11.7 Å². The highest BCUT2D eigenvalue weighted by molar-refractivity contribution is 7.80. The second kappa shape index (κ2) is 9.19. The van der Waals surface area contributed by atoms with Crippen molar-refractivity contribution in [3.63, 3.8) is 0 Å². The van der Waals surface area contributed by atoms with Crippen LogP contribution in [0.2, 0.25) is 0 Å². The second-order valence-electron chi connectivity index (χ2n) is 7.24. The van der Waals surface area contributed by atoms with Crippen LogP contribution in [0.5, 0.6) is 5.75 Å². The Balaban J connectivity index is 2.00. The number of nitrogens with one attached hydrogen (secondary N) is 3. The van der Waals surface area contributed by atoms with E-state index in [2.05, 4.69) is 30.0 Å². The number of hydrogen-bond acceptors (Lipinski definition) is 4. The summed E-state index contributed by atoms with van der Waals surface area (Å²) in [5, 5.41) is 13.8. The predicted molar refractivity (Wildman–Crippen MR) is 106 cm³/mol. The fraction of sp³-hybridized carbons (Fsp3) is 0.579. The van der Waals surface area contributed by atoms with Gasteiger partial charge in [-0.05, 0) is 54.1 Å². The predicted octanol–water partition coefficient (Wildman–Crippen LogP) is 2.93. The summed E-state index contributed by atoms with van der Waals surface area (Å²) in [7, 11) is 0. The van der Waals surface area contributed by atoms with Gasteiger partial charge < -0.3 is 15.2 Å². The maximum absolute atomic E-state index is 12.5. The first-order valence-corrected chi connectivity index (χ1v) is 9.53. The van der Waals surface area contributed by atoms with E-state index in [-0.39, 0.29) is 29.3 Å². The highest BCUT2D eigenvalue weighted by Gasteiger charge is 2.20. The summed E-state index contributed by atoms with van der Waals surface area (Å²) in [5.41, 5.74) is 7.26. The van der Waals surface area contributed by atoms with Gasteiger partial charge in [-0.15, -0.1) is 0 Å². The van der Waals surface area contributed by atoms with Gasteiger partial charge in [0.25, 0.3) is 5.91 Å². The van der Waals surface area contributed by atoms with Crippen LogP contribution < -0.4 is 16.2 Å². The molecule has 26 heavy (non-hydrogen) atoms. The smallest absolute Gasteiger partial charge is 0.273 e. The first-order valence-electron chi connectivity index (χ1n) is 9.12. The van der Waals surface area contributed by atoms with Gasteiger partial charge in [-0.2, -0.15) is 0 Å². The van der Waals surface area contributed by atoms with Gasteiger partial charge in [0.1, 0.15) is 5.75 Å². The molecule has 0 radical (unpaired) electrons. The van der Waals surface area contributed by atoms with Crippen molar-refractivity contribution in [1.82, 2.24) is 16.2 Å². The summed E-state index contributed by atoms with van der Waals surface area (Å²) in [5.74, 6) is -0.0424. The molecule has 1 amide bonds. The molecule has 1 aromatic rings. The maximum atomic E-state index is 12.5. The molecular weight excluding hydrogens is 350 g/mol. The normalized spacial score (nSPS) is 16.8. The molecule has 0 bridgehead atoms. The Kier molecular flexibility index (Phi) is 7.23. The lowest BCUT2D eigenvalue weighted by Gasteiger charge is -2.18. The van der Waals surface area contributed by atoms with E-state index in [1.165, 1.54) is 0 Å². The molecule has 1 aliphatic rings. The molecule has 0 aliphatic carbocycles.